The molecule has 1 aliphatic heterocycles. The Labute approximate surface area is 191 Å². The molecule has 34 heavy (non-hydrogen) atoms. The number of halogens is 5. The van der Waals surface area contributed by atoms with Crippen LogP contribution in [0.5, 0.6) is 0 Å². The summed E-state index contributed by atoms with van der Waals surface area (Å²) in [6, 6.07) is 3.18. The van der Waals surface area contributed by atoms with Crippen LogP contribution in [0.25, 0.3) is 0 Å². The van der Waals surface area contributed by atoms with Crippen LogP contribution >= 0.6 is 0 Å². The van der Waals surface area contributed by atoms with Crippen molar-refractivity contribution in [2.45, 2.75) is 25.6 Å². The maximum atomic E-state index is 14.8. The van der Waals surface area contributed by atoms with Crippen LogP contribution in [-0.4, -0.2) is 55.9 Å². The number of nitrogens with one attached hydrogen (secondary N) is 1. The van der Waals surface area contributed by atoms with Crippen molar-refractivity contribution in [1.82, 2.24) is 14.3 Å². The lowest BCUT2D eigenvalue weighted by atomic mass is 10.00. The number of alkyl halides is 3. The second-order valence-corrected chi connectivity index (χ2v) is 9.94. The van der Waals surface area contributed by atoms with Gasteiger partial charge in [0.2, 0.25) is 5.96 Å². The molecule has 1 unspecified atom stereocenters. The molecule has 9 nitrogen and oxygen atoms in total. The van der Waals surface area contributed by atoms with Crippen LogP contribution in [0.2, 0.25) is 0 Å². The van der Waals surface area contributed by atoms with Crippen molar-refractivity contribution in [1.29, 1.82) is 0 Å². The number of carbonyl (C=O) groups is 1. The van der Waals surface area contributed by atoms with Gasteiger partial charge in [-0.1, -0.05) is 0 Å². The van der Waals surface area contributed by atoms with E-state index in [2.05, 4.69) is 24.6 Å². The van der Waals surface area contributed by atoms with Crippen molar-refractivity contribution in [3.05, 3.63) is 53.0 Å². The number of aromatic nitrogens is 2. The molecule has 2 atom stereocenters. The van der Waals surface area contributed by atoms with Crippen molar-refractivity contribution in [3.63, 3.8) is 0 Å². The molecule has 0 fully saturated rings. The number of pyridine rings is 2. The number of rotatable bonds is 4. The molecule has 1 amide bonds. The van der Waals surface area contributed by atoms with Gasteiger partial charge in [-0.25, -0.2) is 36.6 Å². The first kappa shape index (κ1) is 25.3. The molecule has 15 heteroatoms. The molecule has 3 N–H and O–H groups in total. The van der Waals surface area contributed by atoms with Gasteiger partial charge in [0.15, 0.2) is 0 Å². The summed E-state index contributed by atoms with van der Waals surface area (Å²) in [5, 5.41) is 2.39. The summed E-state index contributed by atoms with van der Waals surface area (Å²) < 4.78 is 84.1. The number of nitrogens with zero attached hydrogens (tertiary/aromatic N) is 5. The van der Waals surface area contributed by atoms with E-state index in [1.807, 2.05) is 0 Å². The summed E-state index contributed by atoms with van der Waals surface area (Å²) in [6.45, 7) is 1.09. The Kier molecular flexibility index (Phi) is 6.52. The Balaban J connectivity index is 2.00. The fourth-order valence-corrected chi connectivity index (χ4v) is 5.50. The van der Waals surface area contributed by atoms with Gasteiger partial charge in [0, 0.05) is 7.05 Å². The third-order valence-corrected chi connectivity index (χ3v) is 7.41. The van der Waals surface area contributed by atoms with Gasteiger partial charge in [-0.05, 0) is 37.6 Å². The third kappa shape index (κ3) is 5.08. The Morgan fingerprint density at radius 2 is 2.03 bits per heavy atom. The minimum absolute atomic E-state index is 0.101. The van der Waals surface area contributed by atoms with Crippen LogP contribution < -0.4 is 11.1 Å². The topological polar surface area (TPSA) is 126 Å². The summed E-state index contributed by atoms with van der Waals surface area (Å²) in [5.74, 6) is -3.87. The van der Waals surface area contributed by atoms with E-state index in [1.165, 1.54) is 13.8 Å². The fourth-order valence-electron chi connectivity index (χ4n) is 3.40. The van der Waals surface area contributed by atoms with Crippen LogP contribution in [-0.2, 0) is 15.5 Å². The van der Waals surface area contributed by atoms with Gasteiger partial charge in [-0.2, -0.15) is 13.2 Å². The Morgan fingerprint density at radius 1 is 1.35 bits per heavy atom. The van der Waals surface area contributed by atoms with Crippen LogP contribution in [0.15, 0.2) is 33.8 Å². The normalized spacial score (nSPS) is 22.8. The van der Waals surface area contributed by atoms with E-state index in [9.17, 15) is 31.0 Å². The first-order valence-electron chi connectivity index (χ1n) is 9.61. The highest BCUT2D eigenvalue weighted by Gasteiger charge is 2.46. The minimum Gasteiger partial charge on any atom is -0.369 e. The average molecular weight is 505 g/mol. The van der Waals surface area contributed by atoms with Crippen LogP contribution in [0.3, 0.4) is 0 Å². The Bertz CT molecular complexity index is 1290. The van der Waals surface area contributed by atoms with Gasteiger partial charge in [0.05, 0.1) is 11.9 Å². The van der Waals surface area contributed by atoms with E-state index in [1.54, 1.807) is 0 Å². The lowest BCUT2D eigenvalue weighted by Gasteiger charge is -2.38. The first-order valence-corrected chi connectivity index (χ1v) is 11.2. The van der Waals surface area contributed by atoms with E-state index in [4.69, 9.17) is 5.73 Å². The number of aryl methyl sites for hydroxylation is 1. The lowest BCUT2D eigenvalue weighted by Crippen LogP contribution is -2.55. The van der Waals surface area contributed by atoms with Gasteiger partial charge >= 0.3 is 6.18 Å². The van der Waals surface area contributed by atoms with Crippen molar-refractivity contribution in [2.24, 2.45) is 15.1 Å². The molecule has 3 rings (SSSR count). The number of aliphatic imine (C=N–C) groups is 1. The van der Waals surface area contributed by atoms with Crippen LogP contribution in [0.4, 0.5) is 27.8 Å². The molecule has 2 aromatic heterocycles. The van der Waals surface area contributed by atoms with E-state index >= 15 is 0 Å². The number of hydrogen-bond acceptors (Lipinski definition) is 7. The molecule has 0 bridgehead atoms. The molecule has 0 saturated carbocycles. The second-order valence-electron chi connectivity index (χ2n) is 7.63. The molecule has 0 spiro atoms. The van der Waals surface area contributed by atoms with Crippen molar-refractivity contribution in [3.8, 4) is 0 Å². The summed E-state index contributed by atoms with van der Waals surface area (Å²) in [4.78, 5) is 24.2. The molecule has 1 aliphatic rings. The highest BCUT2D eigenvalue weighted by Crippen LogP contribution is 2.35. The van der Waals surface area contributed by atoms with E-state index in [0.29, 0.717) is 4.31 Å². The molecular formula is C19H20F5N7O2S. The maximum absolute atomic E-state index is 14.8. The fraction of sp³-hybridized carbons (Fsp3) is 0.368. The largest absolute Gasteiger partial charge is 0.407 e. The molecular weight excluding hydrogens is 485 g/mol. The number of amides is 1. The van der Waals surface area contributed by atoms with Crippen LogP contribution in [0.1, 0.15) is 28.7 Å². The van der Waals surface area contributed by atoms with Crippen LogP contribution in [0, 0.1) is 18.6 Å². The van der Waals surface area contributed by atoms with Gasteiger partial charge in [0.1, 0.15) is 50.8 Å². The standard InChI is InChI=1S/C19H20F5N7O2S/c1-10-6-11(20)7-27-14(10)16(32)29-13-5-4-12(21)15(28-13)18(2)9-34(33,26-3)31(17(25)30-18)8-19(22,23)24/h4-7H,8-9H2,1-3H3,(H2,25,30)(H,28,29,32)/t18-,34?/m0/s1. The zero-order valence-electron chi connectivity index (χ0n) is 18.2. The predicted octanol–water partition coefficient (Wildman–Crippen LogP) is 2.74. The average Bonchev–Trinajstić information content (AvgIpc) is 2.71. The van der Waals surface area contributed by atoms with Gasteiger partial charge in [-0.3, -0.25) is 4.79 Å². The lowest BCUT2D eigenvalue weighted by molar-refractivity contribution is -0.130. The monoisotopic (exact) mass is 505 g/mol. The zero-order chi connectivity index (χ0) is 25.5. The number of hydrogen-bond donors (Lipinski definition) is 2. The Hall–Kier alpha value is -3.36. The SMILES string of the molecule is CN=S1(=O)C[C@@](C)(c2nc(NC(=O)c3ncc(F)cc3C)ccc2F)N=C(N)N1CC(F)(F)F. The molecule has 0 aliphatic carbocycles. The van der Waals surface area contributed by atoms with Crippen molar-refractivity contribution >= 4 is 27.6 Å². The smallest absolute Gasteiger partial charge is 0.369 e. The van der Waals surface area contributed by atoms with E-state index in [-0.39, 0.29) is 17.1 Å². The molecule has 3 heterocycles. The summed E-state index contributed by atoms with van der Waals surface area (Å²) >= 11 is 0. The summed E-state index contributed by atoms with van der Waals surface area (Å²) in [7, 11) is -2.71. The highest BCUT2D eigenvalue weighted by atomic mass is 32.2. The quantitative estimate of drug-likeness (QED) is 0.618. The molecule has 184 valence electrons. The van der Waals surface area contributed by atoms with Crippen molar-refractivity contribution < 1.29 is 31.0 Å². The molecule has 0 aromatic carbocycles. The molecule has 0 saturated heterocycles. The van der Waals surface area contributed by atoms with Gasteiger partial charge in [-0.15, -0.1) is 0 Å². The second kappa shape index (κ2) is 8.77. The first-order chi connectivity index (χ1) is 15.7. The Morgan fingerprint density at radius 3 is 2.62 bits per heavy atom. The molecule has 2 aromatic rings. The molecule has 0 radical (unpaired) electrons. The number of guanidine groups is 1. The number of carbonyl (C=O) groups excluding carboxylic acids is 1. The predicted molar refractivity (Wildman–Crippen MR) is 114 cm³/mol. The minimum atomic E-state index is -4.75. The summed E-state index contributed by atoms with van der Waals surface area (Å²) in [6.07, 6.45) is -3.90. The summed E-state index contributed by atoms with van der Waals surface area (Å²) in [5.41, 5.74) is 3.66. The van der Waals surface area contributed by atoms with Gasteiger partial charge in [0.25, 0.3) is 5.91 Å². The van der Waals surface area contributed by atoms with Gasteiger partial charge < -0.3 is 11.1 Å². The maximum Gasteiger partial charge on any atom is 0.407 e. The van der Waals surface area contributed by atoms with Crippen molar-refractivity contribution in [2.75, 3.05) is 24.7 Å². The number of anilines is 1. The third-order valence-electron chi connectivity index (χ3n) is 4.90. The van der Waals surface area contributed by atoms with E-state index in [0.717, 1.165) is 31.4 Å². The number of nitrogens with two attached hydrogens (primary N) is 1. The zero-order valence-corrected chi connectivity index (χ0v) is 19.0. The highest BCUT2D eigenvalue weighted by molar-refractivity contribution is 7.92. The van der Waals surface area contributed by atoms with E-state index < -0.39 is 63.1 Å².